The van der Waals surface area contributed by atoms with Crippen LogP contribution in [0.25, 0.3) is 0 Å². The lowest BCUT2D eigenvalue weighted by Crippen LogP contribution is -2.12. The van der Waals surface area contributed by atoms with Crippen LogP contribution in [0, 0.1) is 0 Å². The molecule has 1 aromatic carbocycles. The minimum atomic E-state index is -0.000949. The number of amides is 1. The molecule has 2 N–H and O–H groups in total. The molecule has 0 aliphatic carbocycles. The Morgan fingerprint density at radius 2 is 2.31 bits per heavy atom. The number of carbonyl (C=O) groups is 1. The monoisotopic (exact) mass is 240 g/mol. The van der Waals surface area contributed by atoms with Crippen molar-refractivity contribution in [3.63, 3.8) is 0 Å². The van der Waals surface area contributed by atoms with Crippen molar-refractivity contribution < 1.29 is 4.79 Å². The summed E-state index contributed by atoms with van der Waals surface area (Å²) in [5, 5.41) is 5.85. The van der Waals surface area contributed by atoms with Gasteiger partial charge < -0.3 is 10.6 Å². The number of benzene rings is 1. The molecule has 2 rings (SSSR count). The zero-order valence-corrected chi connectivity index (χ0v) is 8.73. The van der Waals surface area contributed by atoms with Gasteiger partial charge in [0.1, 0.15) is 0 Å². The zero-order chi connectivity index (χ0) is 9.42. The lowest BCUT2D eigenvalue weighted by molar-refractivity contribution is 0.0965. The summed E-state index contributed by atoms with van der Waals surface area (Å²) in [5.74, 6) is -0.000949. The Bertz CT molecular complexity index is 376. The first-order valence-corrected chi connectivity index (χ1v) is 4.80. The van der Waals surface area contributed by atoms with Gasteiger partial charge in [-0.3, -0.25) is 4.79 Å². The largest absolute Gasteiger partial charge is 0.388 e. The van der Waals surface area contributed by atoms with Crippen LogP contribution in [0.2, 0.25) is 0 Å². The number of rotatable bonds is 1. The van der Waals surface area contributed by atoms with Crippen molar-refractivity contribution in [2.75, 3.05) is 12.4 Å². The minimum absolute atomic E-state index is 0.000949. The fourth-order valence-electron chi connectivity index (χ4n) is 1.54. The Morgan fingerprint density at radius 1 is 1.54 bits per heavy atom. The summed E-state index contributed by atoms with van der Waals surface area (Å²) in [6.45, 7) is 0.615. The first-order valence-electron chi connectivity index (χ1n) is 4.01. The fourth-order valence-corrected chi connectivity index (χ4v) is 2.09. The molecule has 68 valence electrons. The van der Waals surface area contributed by atoms with Crippen molar-refractivity contribution in [2.45, 2.75) is 6.54 Å². The SMILES string of the molecule is CNc1ccc(Br)c2c1CNC2=O. The van der Waals surface area contributed by atoms with Crippen LogP contribution in [0.4, 0.5) is 5.69 Å². The first-order chi connectivity index (χ1) is 6.24. The van der Waals surface area contributed by atoms with E-state index in [1.165, 1.54) is 0 Å². The number of hydrogen-bond donors (Lipinski definition) is 2. The van der Waals surface area contributed by atoms with E-state index in [0.717, 1.165) is 21.3 Å². The van der Waals surface area contributed by atoms with E-state index in [9.17, 15) is 4.79 Å². The molecule has 0 radical (unpaired) electrons. The van der Waals surface area contributed by atoms with Gasteiger partial charge in [0.05, 0.1) is 5.56 Å². The minimum Gasteiger partial charge on any atom is -0.388 e. The third-order valence-electron chi connectivity index (χ3n) is 2.18. The Kier molecular flexibility index (Phi) is 2.00. The van der Waals surface area contributed by atoms with Crippen LogP contribution in [0.15, 0.2) is 16.6 Å². The van der Waals surface area contributed by atoms with Crippen molar-refractivity contribution in [1.82, 2.24) is 5.32 Å². The summed E-state index contributed by atoms with van der Waals surface area (Å²) in [7, 11) is 1.85. The van der Waals surface area contributed by atoms with Crippen molar-refractivity contribution >= 4 is 27.5 Å². The summed E-state index contributed by atoms with van der Waals surface area (Å²) in [4.78, 5) is 11.4. The highest BCUT2D eigenvalue weighted by atomic mass is 79.9. The van der Waals surface area contributed by atoms with E-state index in [1.807, 2.05) is 19.2 Å². The molecule has 0 saturated heterocycles. The maximum atomic E-state index is 11.4. The van der Waals surface area contributed by atoms with Gasteiger partial charge in [-0.1, -0.05) is 0 Å². The molecule has 0 unspecified atom stereocenters. The topological polar surface area (TPSA) is 41.1 Å². The summed E-state index contributed by atoms with van der Waals surface area (Å²) in [6, 6.07) is 3.85. The van der Waals surface area contributed by atoms with Crippen LogP contribution in [-0.4, -0.2) is 13.0 Å². The summed E-state index contributed by atoms with van der Waals surface area (Å²) >= 11 is 3.36. The Hall–Kier alpha value is -1.03. The van der Waals surface area contributed by atoms with Crippen molar-refractivity contribution in [3.05, 3.63) is 27.7 Å². The van der Waals surface area contributed by atoms with Gasteiger partial charge in [-0.25, -0.2) is 0 Å². The van der Waals surface area contributed by atoms with E-state index in [4.69, 9.17) is 0 Å². The molecule has 0 spiro atoms. The van der Waals surface area contributed by atoms with Gasteiger partial charge in [-0.2, -0.15) is 0 Å². The molecule has 1 aromatic rings. The van der Waals surface area contributed by atoms with Crippen LogP contribution in [0.1, 0.15) is 15.9 Å². The average Bonchev–Trinajstić information content (AvgIpc) is 2.50. The second-order valence-electron chi connectivity index (χ2n) is 2.88. The Balaban J connectivity index is 2.65. The fraction of sp³-hybridized carbons (Fsp3) is 0.222. The van der Waals surface area contributed by atoms with E-state index in [0.29, 0.717) is 6.54 Å². The molecular formula is C9H9BrN2O. The third-order valence-corrected chi connectivity index (χ3v) is 2.85. The van der Waals surface area contributed by atoms with E-state index >= 15 is 0 Å². The normalized spacial score (nSPS) is 13.8. The highest BCUT2D eigenvalue weighted by Crippen LogP contribution is 2.30. The number of anilines is 1. The zero-order valence-electron chi connectivity index (χ0n) is 7.15. The molecule has 0 bridgehead atoms. The lowest BCUT2D eigenvalue weighted by atomic mass is 10.1. The number of carbonyl (C=O) groups excluding carboxylic acids is 1. The maximum absolute atomic E-state index is 11.4. The molecule has 0 aromatic heterocycles. The molecule has 0 atom stereocenters. The van der Waals surface area contributed by atoms with Crippen molar-refractivity contribution in [2.24, 2.45) is 0 Å². The Morgan fingerprint density at radius 3 is 3.00 bits per heavy atom. The van der Waals surface area contributed by atoms with Gasteiger partial charge in [0.2, 0.25) is 0 Å². The molecular weight excluding hydrogens is 232 g/mol. The molecule has 4 heteroatoms. The number of nitrogens with one attached hydrogen (secondary N) is 2. The molecule has 1 heterocycles. The van der Waals surface area contributed by atoms with Gasteiger partial charge >= 0.3 is 0 Å². The summed E-state index contributed by atoms with van der Waals surface area (Å²) in [5.41, 5.74) is 2.81. The molecule has 1 aliphatic heterocycles. The second kappa shape index (κ2) is 3.03. The van der Waals surface area contributed by atoms with Crippen molar-refractivity contribution in [1.29, 1.82) is 0 Å². The molecule has 1 aliphatic rings. The average molecular weight is 241 g/mol. The van der Waals surface area contributed by atoms with E-state index in [1.54, 1.807) is 0 Å². The smallest absolute Gasteiger partial charge is 0.253 e. The third kappa shape index (κ3) is 1.21. The molecule has 0 fully saturated rings. The highest BCUT2D eigenvalue weighted by Gasteiger charge is 2.23. The standard InChI is InChI=1S/C9H9BrN2O/c1-11-7-3-2-6(10)8-5(7)4-12-9(8)13/h2-3,11H,4H2,1H3,(H,12,13). The van der Waals surface area contributed by atoms with Crippen LogP contribution >= 0.6 is 15.9 Å². The van der Waals surface area contributed by atoms with Gasteiger partial charge in [-0.05, 0) is 28.1 Å². The van der Waals surface area contributed by atoms with Crippen molar-refractivity contribution in [3.8, 4) is 0 Å². The van der Waals surface area contributed by atoms with Crippen LogP contribution in [0.5, 0.6) is 0 Å². The van der Waals surface area contributed by atoms with Crippen LogP contribution in [0.3, 0.4) is 0 Å². The van der Waals surface area contributed by atoms with Gasteiger partial charge in [-0.15, -0.1) is 0 Å². The van der Waals surface area contributed by atoms with Gasteiger partial charge in [0.25, 0.3) is 5.91 Å². The van der Waals surface area contributed by atoms with Crippen LogP contribution in [-0.2, 0) is 6.54 Å². The van der Waals surface area contributed by atoms with Gasteiger partial charge in [0, 0.05) is 29.3 Å². The quantitative estimate of drug-likeness (QED) is 0.786. The number of hydrogen-bond acceptors (Lipinski definition) is 2. The lowest BCUT2D eigenvalue weighted by Gasteiger charge is -2.06. The molecule has 3 nitrogen and oxygen atoms in total. The number of fused-ring (bicyclic) bond motifs is 1. The maximum Gasteiger partial charge on any atom is 0.253 e. The predicted octanol–water partition coefficient (Wildman–Crippen LogP) is 1.73. The van der Waals surface area contributed by atoms with E-state index < -0.39 is 0 Å². The second-order valence-corrected chi connectivity index (χ2v) is 3.74. The van der Waals surface area contributed by atoms with E-state index in [-0.39, 0.29) is 5.91 Å². The van der Waals surface area contributed by atoms with Crippen LogP contribution < -0.4 is 10.6 Å². The van der Waals surface area contributed by atoms with Gasteiger partial charge in [0.15, 0.2) is 0 Å². The molecule has 0 saturated carbocycles. The predicted molar refractivity (Wildman–Crippen MR) is 54.9 cm³/mol. The summed E-state index contributed by atoms with van der Waals surface area (Å²) < 4.78 is 0.858. The highest BCUT2D eigenvalue weighted by molar-refractivity contribution is 9.10. The first kappa shape index (κ1) is 8.56. The Labute approximate surface area is 84.6 Å². The molecule has 1 amide bonds. The van der Waals surface area contributed by atoms with E-state index in [2.05, 4.69) is 26.6 Å². The molecule has 13 heavy (non-hydrogen) atoms. The summed E-state index contributed by atoms with van der Waals surface area (Å²) in [6.07, 6.45) is 0. The number of halogens is 1.